The summed E-state index contributed by atoms with van der Waals surface area (Å²) in [5.74, 6) is 0. The molecule has 3 rings (SSSR count). The van der Waals surface area contributed by atoms with E-state index in [4.69, 9.17) is 18.6 Å². The molecule has 0 saturated carbocycles. The predicted molar refractivity (Wildman–Crippen MR) is 129 cm³/mol. The summed E-state index contributed by atoms with van der Waals surface area (Å²) in [4.78, 5) is 0. The Labute approximate surface area is 189 Å². The highest BCUT2D eigenvalue weighted by atomic mass is 28.4. The first kappa shape index (κ1) is 24.1. The van der Waals surface area contributed by atoms with Gasteiger partial charge in [-0.1, -0.05) is 94.8 Å². The van der Waals surface area contributed by atoms with Crippen molar-refractivity contribution < 1.29 is 18.6 Å². The zero-order chi connectivity index (χ0) is 22.3. The number of methoxy groups -OCH3 is 1. The third kappa shape index (κ3) is 5.29. The maximum absolute atomic E-state index is 7.03. The third-order valence-corrected chi connectivity index (χ3v) is 11.2. The van der Waals surface area contributed by atoms with Gasteiger partial charge < -0.3 is 18.6 Å². The van der Waals surface area contributed by atoms with Crippen LogP contribution in [-0.2, 0) is 18.6 Å². The highest BCUT2D eigenvalue weighted by Crippen LogP contribution is 2.37. The average Bonchev–Trinajstić information content (AvgIpc) is 3.17. The smallest absolute Gasteiger partial charge is 0.261 e. The van der Waals surface area contributed by atoms with Gasteiger partial charge in [-0.2, -0.15) is 0 Å². The fraction of sp³-hybridized carbons (Fsp3) is 0.538. The Morgan fingerprint density at radius 1 is 0.968 bits per heavy atom. The van der Waals surface area contributed by atoms with Crippen LogP contribution in [0, 0.1) is 0 Å². The maximum atomic E-state index is 7.03. The summed E-state index contributed by atoms with van der Waals surface area (Å²) in [5.41, 5.74) is 0. The fourth-order valence-corrected chi connectivity index (χ4v) is 9.15. The Morgan fingerprint density at radius 2 is 1.55 bits per heavy atom. The molecule has 1 saturated heterocycles. The zero-order valence-corrected chi connectivity index (χ0v) is 20.7. The Kier molecular flexibility index (Phi) is 8.48. The molecule has 170 valence electrons. The van der Waals surface area contributed by atoms with Crippen LogP contribution in [-0.4, -0.2) is 53.6 Å². The van der Waals surface area contributed by atoms with Gasteiger partial charge in [0.2, 0.25) is 0 Å². The van der Waals surface area contributed by atoms with Gasteiger partial charge in [0.15, 0.2) is 0 Å². The molecule has 1 aliphatic rings. The molecule has 0 bridgehead atoms. The van der Waals surface area contributed by atoms with Crippen LogP contribution in [0.25, 0.3) is 0 Å². The van der Waals surface area contributed by atoms with Gasteiger partial charge in [-0.15, -0.1) is 0 Å². The van der Waals surface area contributed by atoms with Gasteiger partial charge in [-0.05, 0) is 21.8 Å². The molecule has 3 atom stereocenters. The second-order valence-electron chi connectivity index (χ2n) is 9.31. The molecule has 1 heterocycles. The molecule has 1 aliphatic heterocycles. The summed E-state index contributed by atoms with van der Waals surface area (Å²) < 4.78 is 25.0. The van der Waals surface area contributed by atoms with Crippen LogP contribution >= 0.6 is 0 Å². The molecule has 4 nitrogen and oxygen atoms in total. The molecule has 5 heteroatoms. The number of benzene rings is 2. The van der Waals surface area contributed by atoms with E-state index in [1.54, 1.807) is 7.11 Å². The van der Waals surface area contributed by atoms with Crippen molar-refractivity contribution in [1.82, 2.24) is 0 Å². The Morgan fingerprint density at radius 3 is 2.03 bits per heavy atom. The van der Waals surface area contributed by atoms with Crippen molar-refractivity contribution in [2.24, 2.45) is 0 Å². The monoisotopic (exact) mass is 442 g/mol. The van der Waals surface area contributed by atoms with Crippen LogP contribution in [0.3, 0.4) is 0 Å². The molecular weight excluding hydrogens is 404 g/mol. The number of hydrogen-bond donors (Lipinski definition) is 0. The molecule has 0 amide bonds. The highest BCUT2D eigenvalue weighted by molar-refractivity contribution is 6.99. The molecule has 2 aromatic rings. The summed E-state index contributed by atoms with van der Waals surface area (Å²) in [7, 11) is -0.847. The van der Waals surface area contributed by atoms with Crippen LogP contribution in [0.4, 0.5) is 0 Å². The standard InChI is InChI=1S/C26H38O4Si/c1-6-7-18-28-23-19-29-24(25(23)27-5)20-30-31(26(2,3)4,21-14-10-8-11-15-21)22-16-12-9-13-17-22/h8-17,23-25H,6-7,18-20H2,1-5H3/t23-,24-,25-/m1/s1. The first-order valence-corrected chi connectivity index (χ1v) is 13.4. The topological polar surface area (TPSA) is 36.9 Å². The molecule has 1 fully saturated rings. The van der Waals surface area contributed by atoms with Gasteiger partial charge in [0, 0.05) is 13.7 Å². The quantitative estimate of drug-likeness (QED) is 0.409. The van der Waals surface area contributed by atoms with E-state index in [9.17, 15) is 0 Å². The third-order valence-electron chi connectivity index (χ3n) is 6.19. The SMILES string of the molecule is CCCCO[C@@H]1CO[C@H](CO[Si](c2ccccc2)(c2ccccc2)C(C)(C)C)[C@@H]1OC. The molecule has 0 radical (unpaired) electrons. The van der Waals surface area contributed by atoms with E-state index in [2.05, 4.69) is 88.4 Å². The first-order chi connectivity index (χ1) is 14.9. The van der Waals surface area contributed by atoms with E-state index in [-0.39, 0.29) is 23.4 Å². The van der Waals surface area contributed by atoms with Crippen LogP contribution in [0.1, 0.15) is 40.5 Å². The molecule has 0 unspecified atom stereocenters. The summed E-state index contributed by atoms with van der Waals surface area (Å²) in [5, 5.41) is 2.49. The molecule has 0 N–H and O–H groups in total. The molecule has 0 aromatic heterocycles. The van der Waals surface area contributed by atoms with Crippen molar-refractivity contribution in [2.45, 2.75) is 63.9 Å². The fourth-order valence-electron chi connectivity index (χ4n) is 4.58. The summed E-state index contributed by atoms with van der Waals surface area (Å²) in [6, 6.07) is 21.4. The van der Waals surface area contributed by atoms with Gasteiger partial charge in [-0.25, -0.2) is 0 Å². The van der Waals surface area contributed by atoms with E-state index in [0.29, 0.717) is 13.2 Å². The normalized spacial score (nSPS) is 22.0. The molecular formula is C26H38O4Si. The second kappa shape index (κ2) is 10.9. The number of ether oxygens (including phenoxy) is 3. The van der Waals surface area contributed by atoms with Crippen molar-refractivity contribution in [1.29, 1.82) is 0 Å². The van der Waals surface area contributed by atoms with Crippen molar-refractivity contribution in [3.8, 4) is 0 Å². The maximum Gasteiger partial charge on any atom is 0.261 e. The highest BCUT2D eigenvalue weighted by Gasteiger charge is 2.51. The molecule has 0 spiro atoms. The lowest BCUT2D eigenvalue weighted by Gasteiger charge is -2.43. The summed E-state index contributed by atoms with van der Waals surface area (Å²) >= 11 is 0. The minimum atomic E-state index is -2.59. The minimum absolute atomic E-state index is 0.0377. The van der Waals surface area contributed by atoms with Crippen molar-refractivity contribution >= 4 is 18.7 Å². The lowest BCUT2D eigenvalue weighted by atomic mass is 10.1. The second-order valence-corrected chi connectivity index (χ2v) is 13.6. The largest absolute Gasteiger partial charge is 0.405 e. The number of unbranched alkanes of at least 4 members (excludes halogenated alkanes) is 1. The minimum Gasteiger partial charge on any atom is -0.405 e. The van der Waals surface area contributed by atoms with E-state index < -0.39 is 8.32 Å². The molecule has 2 aromatic carbocycles. The van der Waals surface area contributed by atoms with Gasteiger partial charge in [0.05, 0.1) is 13.2 Å². The molecule has 0 aliphatic carbocycles. The van der Waals surface area contributed by atoms with Crippen LogP contribution in [0.2, 0.25) is 5.04 Å². The van der Waals surface area contributed by atoms with Gasteiger partial charge in [0.1, 0.15) is 18.3 Å². The number of rotatable bonds is 10. The van der Waals surface area contributed by atoms with E-state index in [0.717, 1.165) is 19.4 Å². The average molecular weight is 443 g/mol. The number of hydrogen-bond acceptors (Lipinski definition) is 4. The van der Waals surface area contributed by atoms with Gasteiger partial charge in [0.25, 0.3) is 8.32 Å². The summed E-state index contributed by atoms with van der Waals surface area (Å²) in [6.07, 6.45) is 1.87. The van der Waals surface area contributed by atoms with E-state index in [1.807, 2.05) is 0 Å². The summed E-state index contributed by atoms with van der Waals surface area (Å²) in [6.45, 7) is 10.8. The Bertz CT molecular complexity index is 735. The lowest BCUT2D eigenvalue weighted by molar-refractivity contribution is -0.0498. The lowest BCUT2D eigenvalue weighted by Crippen LogP contribution is -2.67. The van der Waals surface area contributed by atoms with Crippen LogP contribution < -0.4 is 10.4 Å². The zero-order valence-electron chi connectivity index (χ0n) is 19.7. The van der Waals surface area contributed by atoms with Gasteiger partial charge in [-0.3, -0.25) is 0 Å². The van der Waals surface area contributed by atoms with Crippen LogP contribution in [0.5, 0.6) is 0 Å². The van der Waals surface area contributed by atoms with Crippen molar-refractivity contribution in [3.05, 3.63) is 60.7 Å². The van der Waals surface area contributed by atoms with Crippen molar-refractivity contribution in [3.63, 3.8) is 0 Å². The van der Waals surface area contributed by atoms with Gasteiger partial charge >= 0.3 is 0 Å². The van der Waals surface area contributed by atoms with Crippen molar-refractivity contribution in [2.75, 3.05) is 26.9 Å². The van der Waals surface area contributed by atoms with Crippen LogP contribution in [0.15, 0.2) is 60.7 Å². The molecule has 31 heavy (non-hydrogen) atoms. The van der Waals surface area contributed by atoms with E-state index in [1.165, 1.54) is 10.4 Å². The van der Waals surface area contributed by atoms with E-state index >= 15 is 0 Å². The Balaban J connectivity index is 1.88. The first-order valence-electron chi connectivity index (χ1n) is 11.4. The Hall–Kier alpha value is -1.50. The predicted octanol–water partition coefficient (Wildman–Crippen LogP) is 4.16.